The average Bonchev–Trinajstić information content (AvgIpc) is 3.13. The molecule has 0 unspecified atom stereocenters. The maximum Gasteiger partial charge on any atom is 0.297 e. The van der Waals surface area contributed by atoms with Gasteiger partial charge < -0.3 is 4.74 Å². The molecule has 3 aromatic rings. The summed E-state index contributed by atoms with van der Waals surface area (Å²) in [5.74, 6) is 0.280. The predicted octanol–water partition coefficient (Wildman–Crippen LogP) is 5.21. The van der Waals surface area contributed by atoms with Gasteiger partial charge in [0, 0.05) is 17.6 Å². The molecule has 1 atom stereocenters. The second kappa shape index (κ2) is 8.73. The standard InChI is InChI=1S/C25H21FO4S.H2S/c1-16-6-10-21(11-7-16)31(27,28)29-15-20-14-24-22-5-3-2-4-17(22)12-18-8-9-19(26)13-23(18)25(24)30-20;/h2-11,13,20H,12,14-15H2,1H3;1H2/t20-;/m0./s1. The molecule has 0 saturated heterocycles. The predicted molar refractivity (Wildman–Crippen MR) is 127 cm³/mol. The third kappa shape index (κ3) is 4.20. The molecule has 0 spiro atoms. The SMILES string of the molecule is Cc1ccc(S(=O)(=O)OC[C@@H]2CC3=C(O2)c2cc(F)ccc2Cc2ccccc23)cc1.S. The lowest BCUT2D eigenvalue weighted by atomic mass is 9.95. The van der Waals surface area contributed by atoms with E-state index >= 15 is 0 Å². The van der Waals surface area contributed by atoms with Crippen molar-refractivity contribution in [1.29, 1.82) is 0 Å². The summed E-state index contributed by atoms with van der Waals surface area (Å²) in [6, 6.07) is 19.3. The quantitative estimate of drug-likeness (QED) is 0.491. The topological polar surface area (TPSA) is 52.6 Å². The van der Waals surface area contributed by atoms with Gasteiger partial charge in [0.2, 0.25) is 0 Å². The number of hydrogen-bond donors (Lipinski definition) is 0. The van der Waals surface area contributed by atoms with Gasteiger partial charge in [-0.2, -0.15) is 21.9 Å². The smallest absolute Gasteiger partial charge is 0.297 e. The lowest BCUT2D eigenvalue weighted by Crippen LogP contribution is -2.19. The molecular weight excluding hydrogens is 447 g/mol. The Morgan fingerprint density at radius 3 is 2.50 bits per heavy atom. The molecule has 1 aliphatic carbocycles. The molecule has 0 bridgehead atoms. The lowest BCUT2D eigenvalue weighted by molar-refractivity contribution is 0.125. The molecule has 0 aromatic heterocycles. The minimum Gasteiger partial charge on any atom is -0.487 e. The number of halogens is 1. The fourth-order valence-corrected chi connectivity index (χ4v) is 5.11. The first kappa shape index (κ1) is 22.6. The third-order valence-corrected chi connectivity index (χ3v) is 7.04. The molecule has 32 heavy (non-hydrogen) atoms. The second-order valence-corrected chi connectivity index (χ2v) is 9.55. The molecule has 166 valence electrons. The molecule has 0 N–H and O–H groups in total. The van der Waals surface area contributed by atoms with E-state index in [1.807, 2.05) is 25.1 Å². The first-order chi connectivity index (χ1) is 14.9. The summed E-state index contributed by atoms with van der Waals surface area (Å²) in [6.07, 6.45) is 0.698. The summed E-state index contributed by atoms with van der Waals surface area (Å²) in [5, 5.41) is 0. The summed E-state index contributed by atoms with van der Waals surface area (Å²) < 4.78 is 50.7. The summed E-state index contributed by atoms with van der Waals surface area (Å²) in [7, 11) is -3.89. The van der Waals surface area contributed by atoms with Crippen molar-refractivity contribution in [2.24, 2.45) is 0 Å². The number of benzene rings is 3. The molecule has 5 rings (SSSR count). The molecule has 0 radical (unpaired) electrons. The van der Waals surface area contributed by atoms with Gasteiger partial charge in [-0.05, 0) is 54.3 Å². The maximum absolute atomic E-state index is 14.0. The van der Waals surface area contributed by atoms with Crippen molar-refractivity contribution in [1.82, 2.24) is 0 Å². The van der Waals surface area contributed by atoms with Crippen molar-refractivity contribution >= 4 is 34.9 Å². The van der Waals surface area contributed by atoms with Crippen LogP contribution in [0.25, 0.3) is 11.3 Å². The van der Waals surface area contributed by atoms with Crippen molar-refractivity contribution in [3.05, 3.63) is 100 Å². The fraction of sp³-hybridized carbons (Fsp3) is 0.200. The minimum atomic E-state index is -3.89. The van der Waals surface area contributed by atoms with Gasteiger partial charge in [-0.3, -0.25) is 4.18 Å². The zero-order valence-corrected chi connectivity index (χ0v) is 19.3. The van der Waals surface area contributed by atoms with E-state index in [0.29, 0.717) is 18.6 Å². The van der Waals surface area contributed by atoms with Crippen molar-refractivity contribution < 1.29 is 21.7 Å². The average molecular weight is 471 g/mol. The van der Waals surface area contributed by atoms with Gasteiger partial charge in [0.15, 0.2) is 0 Å². The largest absolute Gasteiger partial charge is 0.487 e. The molecule has 4 nitrogen and oxygen atoms in total. The van der Waals surface area contributed by atoms with Crippen LogP contribution in [0.4, 0.5) is 4.39 Å². The van der Waals surface area contributed by atoms with Crippen LogP contribution in [-0.2, 0) is 25.5 Å². The third-order valence-electron chi connectivity index (χ3n) is 5.75. The first-order valence-corrected chi connectivity index (χ1v) is 11.5. The van der Waals surface area contributed by atoms with E-state index in [4.69, 9.17) is 8.92 Å². The van der Waals surface area contributed by atoms with E-state index in [9.17, 15) is 12.8 Å². The Morgan fingerprint density at radius 1 is 1.00 bits per heavy atom. The summed E-state index contributed by atoms with van der Waals surface area (Å²) >= 11 is 0. The van der Waals surface area contributed by atoms with Crippen LogP contribution in [0.2, 0.25) is 0 Å². The zero-order valence-electron chi connectivity index (χ0n) is 17.5. The summed E-state index contributed by atoms with van der Waals surface area (Å²) in [6.45, 7) is 1.77. The monoisotopic (exact) mass is 470 g/mol. The molecular formula is C25H23FO4S2. The van der Waals surface area contributed by atoms with Crippen LogP contribution in [0.15, 0.2) is 71.6 Å². The van der Waals surface area contributed by atoms with Gasteiger partial charge in [0.25, 0.3) is 10.1 Å². The number of aryl methyl sites for hydroxylation is 1. The zero-order chi connectivity index (χ0) is 21.6. The van der Waals surface area contributed by atoms with Gasteiger partial charge in [0.1, 0.15) is 24.3 Å². The molecule has 0 amide bonds. The van der Waals surface area contributed by atoms with Crippen LogP contribution in [0, 0.1) is 12.7 Å². The summed E-state index contributed by atoms with van der Waals surface area (Å²) in [4.78, 5) is 0.114. The van der Waals surface area contributed by atoms with Crippen molar-refractivity contribution in [2.45, 2.75) is 30.8 Å². The second-order valence-electron chi connectivity index (χ2n) is 7.94. The molecule has 0 saturated carbocycles. The maximum atomic E-state index is 14.0. The minimum absolute atomic E-state index is 0. The molecule has 1 heterocycles. The molecule has 1 aliphatic heterocycles. The van der Waals surface area contributed by atoms with Crippen LogP contribution >= 0.6 is 13.5 Å². The Bertz CT molecular complexity index is 1300. The molecule has 3 aromatic carbocycles. The Hall–Kier alpha value is -2.61. The van der Waals surface area contributed by atoms with Crippen LogP contribution < -0.4 is 0 Å². The Morgan fingerprint density at radius 2 is 1.72 bits per heavy atom. The summed E-state index contributed by atoms with van der Waals surface area (Å²) in [5.41, 5.74) is 5.82. The van der Waals surface area contributed by atoms with Gasteiger partial charge >= 0.3 is 0 Å². The molecule has 0 fully saturated rings. The Kier molecular flexibility index (Phi) is 6.16. The van der Waals surface area contributed by atoms with Crippen LogP contribution in [0.3, 0.4) is 0 Å². The van der Waals surface area contributed by atoms with Crippen molar-refractivity contribution in [2.75, 3.05) is 6.61 Å². The normalized spacial score (nSPS) is 16.9. The first-order valence-electron chi connectivity index (χ1n) is 10.1. The lowest BCUT2D eigenvalue weighted by Gasteiger charge is -2.16. The van der Waals surface area contributed by atoms with E-state index in [1.165, 1.54) is 24.3 Å². The number of hydrogen-bond acceptors (Lipinski definition) is 4. The van der Waals surface area contributed by atoms with Gasteiger partial charge in [-0.15, -0.1) is 0 Å². The van der Waals surface area contributed by atoms with Gasteiger partial charge in [-0.25, -0.2) is 4.39 Å². The van der Waals surface area contributed by atoms with Crippen molar-refractivity contribution in [3.63, 3.8) is 0 Å². The van der Waals surface area contributed by atoms with E-state index in [2.05, 4.69) is 6.07 Å². The van der Waals surface area contributed by atoms with Crippen LogP contribution in [0.5, 0.6) is 0 Å². The molecule has 2 aliphatic rings. The highest BCUT2D eigenvalue weighted by molar-refractivity contribution is 7.86. The van der Waals surface area contributed by atoms with E-state index < -0.39 is 16.2 Å². The Balaban J connectivity index is 0.00000245. The number of rotatable bonds is 4. The van der Waals surface area contributed by atoms with Gasteiger partial charge in [-0.1, -0.05) is 48.0 Å². The number of fused-ring (bicyclic) bond motifs is 4. The van der Waals surface area contributed by atoms with Crippen molar-refractivity contribution in [3.8, 4) is 0 Å². The molecule has 7 heteroatoms. The van der Waals surface area contributed by atoms with E-state index in [-0.39, 0.29) is 30.8 Å². The highest BCUT2D eigenvalue weighted by Crippen LogP contribution is 2.44. The van der Waals surface area contributed by atoms with E-state index in [1.54, 1.807) is 18.2 Å². The van der Waals surface area contributed by atoms with Crippen LogP contribution in [0.1, 0.15) is 34.2 Å². The van der Waals surface area contributed by atoms with Crippen LogP contribution in [-0.4, -0.2) is 21.1 Å². The highest BCUT2D eigenvalue weighted by atomic mass is 32.2. The Labute approximate surface area is 194 Å². The fourth-order valence-electron chi connectivity index (χ4n) is 4.18. The van der Waals surface area contributed by atoms with E-state index in [0.717, 1.165) is 33.4 Å². The van der Waals surface area contributed by atoms with Gasteiger partial charge in [0.05, 0.1) is 4.90 Å². The highest BCUT2D eigenvalue weighted by Gasteiger charge is 2.33. The number of ether oxygens (including phenoxy) is 1.